The van der Waals surface area contributed by atoms with Crippen LogP contribution in [0.2, 0.25) is 0 Å². The molecule has 0 unspecified atom stereocenters. The summed E-state index contributed by atoms with van der Waals surface area (Å²) in [6.45, 7) is 2.60. The van der Waals surface area contributed by atoms with Crippen molar-refractivity contribution in [1.82, 2.24) is 0 Å². The second kappa shape index (κ2) is 8.39. The first-order valence-corrected chi connectivity index (χ1v) is 8.59. The average molecular weight is 328 g/mol. The molecule has 0 heterocycles. The van der Waals surface area contributed by atoms with E-state index in [4.69, 9.17) is 5.73 Å². The summed E-state index contributed by atoms with van der Waals surface area (Å²) in [5.41, 5.74) is 7.67. The molecule has 2 aromatic rings. The van der Waals surface area contributed by atoms with Crippen molar-refractivity contribution < 1.29 is 9.59 Å². The summed E-state index contributed by atoms with van der Waals surface area (Å²) in [6, 6.07) is 16.8. The second-order valence-corrected chi connectivity index (χ2v) is 6.02. The number of nitrogens with zero attached hydrogens (tertiary/aromatic N) is 1. The Hall–Kier alpha value is -2.27. The predicted octanol–water partition coefficient (Wildman–Crippen LogP) is 3.07. The van der Waals surface area contributed by atoms with Gasteiger partial charge in [-0.1, -0.05) is 30.3 Å². The van der Waals surface area contributed by atoms with E-state index >= 15 is 0 Å². The van der Waals surface area contributed by atoms with Crippen LogP contribution in [0.3, 0.4) is 0 Å². The fraction of sp³-hybridized carbons (Fsp3) is 0.222. The monoisotopic (exact) mass is 328 g/mol. The van der Waals surface area contributed by atoms with Crippen LogP contribution >= 0.6 is 11.8 Å². The fourth-order valence-electron chi connectivity index (χ4n) is 2.26. The topological polar surface area (TPSA) is 63.4 Å². The number of carbonyl (C=O) groups is 2. The number of hydrogen-bond acceptors (Lipinski definition) is 3. The van der Waals surface area contributed by atoms with E-state index in [0.29, 0.717) is 23.6 Å². The number of benzene rings is 2. The van der Waals surface area contributed by atoms with E-state index in [1.54, 1.807) is 23.1 Å². The van der Waals surface area contributed by atoms with Crippen molar-refractivity contribution in [3.05, 3.63) is 65.7 Å². The molecule has 0 fully saturated rings. The number of anilines is 1. The summed E-state index contributed by atoms with van der Waals surface area (Å²) in [7, 11) is 0. The third-order valence-corrected chi connectivity index (χ3v) is 4.38. The summed E-state index contributed by atoms with van der Waals surface area (Å²) in [5, 5.41) is 0. The molecule has 2 aromatic carbocycles. The standard InChI is InChI=1S/C18H20N2O2S/c1-2-20(16-9-4-3-5-10-16)17(21)13-23-12-14-7-6-8-15(11-14)18(19)22/h3-11H,2,12-13H2,1H3,(H2,19,22). The van der Waals surface area contributed by atoms with Crippen molar-refractivity contribution in [2.45, 2.75) is 12.7 Å². The molecule has 2 N–H and O–H groups in total. The van der Waals surface area contributed by atoms with Gasteiger partial charge in [-0.25, -0.2) is 0 Å². The molecule has 2 amide bonds. The molecule has 0 aliphatic carbocycles. The molecule has 2 rings (SSSR count). The van der Waals surface area contributed by atoms with E-state index < -0.39 is 5.91 Å². The van der Waals surface area contributed by atoms with E-state index in [1.807, 2.05) is 43.3 Å². The highest BCUT2D eigenvalue weighted by molar-refractivity contribution is 7.99. The van der Waals surface area contributed by atoms with Crippen LogP contribution in [0.15, 0.2) is 54.6 Å². The Morgan fingerprint density at radius 3 is 2.48 bits per heavy atom. The van der Waals surface area contributed by atoms with Gasteiger partial charge in [0, 0.05) is 23.5 Å². The number of nitrogens with two attached hydrogens (primary N) is 1. The normalized spacial score (nSPS) is 10.3. The maximum absolute atomic E-state index is 12.4. The summed E-state index contributed by atoms with van der Waals surface area (Å²) >= 11 is 1.53. The van der Waals surface area contributed by atoms with Crippen LogP contribution < -0.4 is 10.6 Å². The third-order valence-electron chi connectivity index (χ3n) is 3.39. The largest absolute Gasteiger partial charge is 0.366 e. The van der Waals surface area contributed by atoms with Crippen molar-refractivity contribution in [3.63, 3.8) is 0 Å². The van der Waals surface area contributed by atoms with Crippen LogP contribution in [0.25, 0.3) is 0 Å². The van der Waals surface area contributed by atoms with Crippen molar-refractivity contribution >= 4 is 29.3 Å². The van der Waals surface area contributed by atoms with E-state index in [9.17, 15) is 9.59 Å². The van der Waals surface area contributed by atoms with Gasteiger partial charge in [-0.3, -0.25) is 9.59 Å². The van der Waals surface area contributed by atoms with Crippen LogP contribution in [-0.2, 0) is 10.5 Å². The lowest BCUT2D eigenvalue weighted by Crippen LogP contribution is -2.32. The zero-order valence-electron chi connectivity index (χ0n) is 13.1. The zero-order chi connectivity index (χ0) is 16.7. The zero-order valence-corrected chi connectivity index (χ0v) is 13.9. The summed E-state index contributed by atoms with van der Waals surface area (Å²) < 4.78 is 0. The molecule has 0 bridgehead atoms. The first kappa shape index (κ1) is 17.1. The van der Waals surface area contributed by atoms with Crippen LogP contribution in [0.5, 0.6) is 0 Å². The van der Waals surface area contributed by atoms with Crippen molar-refractivity contribution in [3.8, 4) is 0 Å². The first-order valence-electron chi connectivity index (χ1n) is 7.43. The Balaban J connectivity index is 1.91. The Morgan fingerprint density at radius 2 is 1.83 bits per heavy atom. The molecular formula is C18H20N2O2S. The van der Waals surface area contributed by atoms with Crippen molar-refractivity contribution in [2.75, 3.05) is 17.2 Å². The summed E-state index contributed by atoms with van der Waals surface area (Å²) in [6.07, 6.45) is 0. The van der Waals surface area contributed by atoms with Crippen molar-refractivity contribution in [2.24, 2.45) is 5.73 Å². The fourth-order valence-corrected chi connectivity index (χ4v) is 3.11. The van der Waals surface area contributed by atoms with Gasteiger partial charge in [0.15, 0.2) is 0 Å². The number of amides is 2. The minimum absolute atomic E-state index is 0.0785. The lowest BCUT2D eigenvalue weighted by Gasteiger charge is -2.20. The average Bonchev–Trinajstić information content (AvgIpc) is 2.57. The third kappa shape index (κ3) is 4.86. The van der Waals surface area contributed by atoms with Gasteiger partial charge in [0.1, 0.15) is 0 Å². The second-order valence-electron chi connectivity index (χ2n) is 5.03. The Kier molecular flexibility index (Phi) is 6.23. The summed E-state index contributed by atoms with van der Waals surface area (Å²) in [5.74, 6) is 0.701. The van der Waals surface area contributed by atoms with Crippen molar-refractivity contribution in [1.29, 1.82) is 0 Å². The first-order chi connectivity index (χ1) is 11.1. The van der Waals surface area contributed by atoms with Crippen LogP contribution in [0.1, 0.15) is 22.8 Å². The molecule has 5 heteroatoms. The number of rotatable bonds is 7. The van der Waals surface area contributed by atoms with Crippen LogP contribution in [0, 0.1) is 0 Å². The number of carbonyl (C=O) groups excluding carboxylic acids is 2. The Labute approximate surface area is 140 Å². The van der Waals surface area contributed by atoms with Gasteiger partial charge in [-0.2, -0.15) is 0 Å². The highest BCUT2D eigenvalue weighted by Gasteiger charge is 2.13. The number of hydrogen-bond donors (Lipinski definition) is 1. The molecule has 23 heavy (non-hydrogen) atoms. The van der Waals surface area contributed by atoms with E-state index in [1.165, 1.54) is 11.8 Å². The highest BCUT2D eigenvalue weighted by atomic mass is 32.2. The van der Waals surface area contributed by atoms with Gasteiger partial charge in [-0.05, 0) is 36.8 Å². The number of para-hydroxylation sites is 1. The lowest BCUT2D eigenvalue weighted by atomic mass is 10.1. The maximum Gasteiger partial charge on any atom is 0.248 e. The Bertz CT molecular complexity index is 674. The van der Waals surface area contributed by atoms with E-state index in [0.717, 1.165) is 11.3 Å². The quantitative estimate of drug-likeness (QED) is 0.849. The minimum atomic E-state index is -0.436. The lowest BCUT2D eigenvalue weighted by molar-refractivity contribution is -0.116. The molecule has 0 spiro atoms. The SMILES string of the molecule is CCN(C(=O)CSCc1cccc(C(N)=O)c1)c1ccccc1. The van der Waals surface area contributed by atoms with Gasteiger partial charge in [-0.15, -0.1) is 11.8 Å². The minimum Gasteiger partial charge on any atom is -0.366 e. The maximum atomic E-state index is 12.4. The number of primary amides is 1. The van der Waals surface area contributed by atoms with Gasteiger partial charge in [0.2, 0.25) is 11.8 Å². The van der Waals surface area contributed by atoms with E-state index in [-0.39, 0.29) is 5.91 Å². The smallest absolute Gasteiger partial charge is 0.248 e. The molecule has 4 nitrogen and oxygen atoms in total. The molecule has 0 aliphatic heterocycles. The molecule has 120 valence electrons. The molecule has 0 atom stereocenters. The van der Waals surface area contributed by atoms with Crippen LogP contribution in [0.4, 0.5) is 5.69 Å². The van der Waals surface area contributed by atoms with Gasteiger partial charge < -0.3 is 10.6 Å². The predicted molar refractivity (Wildman–Crippen MR) is 95.6 cm³/mol. The summed E-state index contributed by atoms with van der Waals surface area (Å²) in [4.78, 5) is 25.3. The van der Waals surface area contributed by atoms with Gasteiger partial charge >= 0.3 is 0 Å². The van der Waals surface area contributed by atoms with Gasteiger partial charge in [0.05, 0.1) is 5.75 Å². The molecule has 0 saturated heterocycles. The molecular weight excluding hydrogens is 308 g/mol. The van der Waals surface area contributed by atoms with E-state index in [2.05, 4.69) is 0 Å². The Morgan fingerprint density at radius 1 is 1.09 bits per heavy atom. The molecule has 0 aromatic heterocycles. The molecule has 0 aliphatic rings. The number of thioether (sulfide) groups is 1. The van der Waals surface area contributed by atoms with Crippen LogP contribution in [-0.4, -0.2) is 24.1 Å². The van der Waals surface area contributed by atoms with Gasteiger partial charge in [0.25, 0.3) is 0 Å². The highest BCUT2D eigenvalue weighted by Crippen LogP contribution is 2.18. The molecule has 0 radical (unpaired) electrons. The molecule has 0 saturated carbocycles.